The monoisotopic (exact) mass is 357 g/mol. The minimum atomic E-state index is -0.522. The van der Waals surface area contributed by atoms with Gasteiger partial charge in [-0.3, -0.25) is 4.79 Å². The Morgan fingerprint density at radius 2 is 2.04 bits per heavy atom. The largest absolute Gasteiger partial charge is 0.464 e. The normalized spacial score (nSPS) is 13.1. The number of esters is 1. The summed E-state index contributed by atoms with van der Waals surface area (Å²) in [4.78, 5) is 32.4. The van der Waals surface area contributed by atoms with Crippen LogP contribution in [-0.2, 0) is 9.53 Å². The number of benzene rings is 1. The molecule has 1 N–H and O–H groups in total. The van der Waals surface area contributed by atoms with Crippen LogP contribution in [0.15, 0.2) is 47.6 Å². The molecule has 25 heavy (non-hydrogen) atoms. The maximum Gasteiger partial charge on any atom is 0.329 e. The van der Waals surface area contributed by atoms with Gasteiger partial charge in [-0.1, -0.05) is 30.4 Å². The summed E-state index contributed by atoms with van der Waals surface area (Å²) in [6.07, 6.45) is 2.22. The van der Waals surface area contributed by atoms with Crippen molar-refractivity contribution in [3.05, 3.63) is 53.1 Å². The molecule has 7 heteroatoms. The molecule has 0 fully saturated rings. The quantitative estimate of drug-likeness (QED) is 0.712. The number of ether oxygens (including phenoxy) is 1. The Balaban J connectivity index is 2.18. The second kappa shape index (κ2) is 7.48. The fraction of sp³-hybridized carbons (Fsp3) is 0.278. The van der Waals surface area contributed by atoms with Crippen LogP contribution in [-0.4, -0.2) is 28.0 Å². The highest BCUT2D eigenvalue weighted by Crippen LogP contribution is 2.23. The predicted octanol–water partition coefficient (Wildman–Crippen LogP) is 3.29. The fourth-order valence-corrected chi connectivity index (χ4v) is 3.74. The minimum Gasteiger partial charge on any atom is -0.464 e. The van der Waals surface area contributed by atoms with E-state index < -0.39 is 6.04 Å². The summed E-state index contributed by atoms with van der Waals surface area (Å²) in [5.74, 6) is -0.689. The van der Waals surface area contributed by atoms with Gasteiger partial charge in [0.2, 0.25) is 0 Å². The number of carbonyl (C=O) groups is 2. The Kier molecular flexibility index (Phi) is 5.14. The molecule has 130 valence electrons. The molecule has 0 spiro atoms. The van der Waals surface area contributed by atoms with Crippen molar-refractivity contribution in [1.82, 2.24) is 9.55 Å². The Hall–Kier alpha value is -2.67. The SMILES string of the molecule is CCOC(=O)C(CC)n1c(=NC(=O)c2ccc[nH]2)sc2ccccc21. The number of para-hydroxylation sites is 1. The third kappa shape index (κ3) is 3.41. The van der Waals surface area contributed by atoms with Crippen LogP contribution in [0.4, 0.5) is 0 Å². The Bertz CT molecular complexity index is 954. The van der Waals surface area contributed by atoms with E-state index in [0.29, 0.717) is 23.5 Å². The molecular weight excluding hydrogens is 338 g/mol. The summed E-state index contributed by atoms with van der Waals surface area (Å²) in [7, 11) is 0. The van der Waals surface area contributed by atoms with Crippen LogP contribution >= 0.6 is 11.3 Å². The van der Waals surface area contributed by atoms with Crippen molar-refractivity contribution in [2.75, 3.05) is 6.61 Å². The average molecular weight is 357 g/mol. The van der Waals surface area contributed by atoms with E-state index >= 15 is 0 Å². The van der Waals surface area contributed by atoms with Crippen LogP contribution in [0.3, 0.4) is 0 Å². The second-order valence-corrected chi connectivity index (χ2v) is 6.41. The van der Waals surface area contributed by atoms with E-state index in [1.54, 1.807) is 29.8 Å². The predicted molar refractivity (Wildman–Crippen MR) is 96.5 cm³/mol. The smallest absolute Gasteiger partial charge is 0.329 e. The highest BCUT2D eigenvalue weighted by molar-refractivity contribution is 7.16. The van der Waals surface area contributed by atoms with Crippen LogP contribution in [0.5, 0.6) is 0 Å². The molecule has 2 heterocycles. The van der Waals surface area contributed by atoms with Gasteiger partial charge in [0.25, 0.3) is 5.91 Å². The second-order valence-electron chi connectivity index (χ2n) is 5.40. The van der Waals surface area contributed by atoms with Crippen LogP contribution in [0.25, 0.3) is 10.2 Å². The van der Waals surface area contributed by atoms with Crippen LogP contribution in [0, 0.1) is 0 Å². The fourth-order valence-electron chi connectivity index (χ4n) is 2.67. The van der Waals surface area contributed by atoms with Gasteiger partial charge in [-0.25, -0.2) is 4.79 Å². The molecule has 0 radical (unpaired) electrons. The minimum absolute atomic E-state index is 0.311. The molecule has 0 aliphatic rings. The van der Waals surface area contributed by atoms with Crippen molar-refractivity contribution in [1.29, 1.82) is 0 Å². The number of nitrogens with one attached hydrogen (secondary N) is 1. The van der Waals surface area contributed by atoms with Gasteiger partial charge in [0.15, 0.2) is 4.80 Å². The van der Waals surface area contributed by atoms with Crippen LogP contribution in [0.1, 0.15) is 36.8 Å². The van der Waals surface area contributed by atoms with Gasteiger partial charge < -0.3 is 14.3 Å². The molecule has 1 unspecified atom stereocenters. The lowest BCUT2D eigenvalue weighted by Gasteiger charge is -2.16. The summed E-state index contributed by atoms with van der Waals surface area (Å²) in [6, 6.07) is 10.6. The number of rotatable bonds is 5. The topological polar surface area (TPSA) is 76.5 Å². The molecule has 3 rings (SSSR count). The van der Waals surface area contributed by atoms with E-state index in [2.05, 4.69) is 9.98 Å². The van der Waals surface area contributed by atoms with Gasteiger partial charge in [0.05, 0.1) is 16.8 Å². The van der Waals surface area contributed by atoms with E-state index in [1.165, 1.54) is 11.3 Å². The molecule has 1 amide bonds. The standard InChI is InChI=1S/C18H19N3O3S/c1-3-13(17(23)24-4-2)21-14-9-5-6-10-15(14)25-18(21)20-16(22)12-8-7-11-19-12/h5-11,13,19H,3-4H2,1-2H3. The van der Waals surface area contributed by atoms with Crippen molar-refractivity contribution >= 4 is 33.4 Å². The van der Waals surface area contributed by atoms with E-state index in [4.69, 9.17) is 4.74 Å². The van der Waals surface area contributed by atoms with Gasteiger partial charge in [-0.2, -0.15) is 4.99 Å². The number of nitrogens with zero attached hydrogens (tertiary/aromatic N) is 2. The van der Waals surface area contributed by atoms with Crippen molar-refractivity contribution in [2.24, 2.45) is 4.99 Å². The van der Waals surface area contributed by atoms with Gasteiger partial charge in [-0.15, -0.1) is 0 Å². The summed E-state index contributed by atoms with van der Waals surface area (Å²) >= 11 is 1.38. The van der Waals surface area contributed by atoms with Gasteiger partial charge in [0.1, 0.15) is 11.7 Å². The molecule has 2 aromatic heterocycles. The van der Waals surface area contributed by atoms with Gasteiger partial charge in [-0.05, 0) is 37.6 Å². The molecule has 1 aromatic carbocycles. The first-order chi connectivity index (χ1) is 12.2. The first-order valence-corrected chi connectivity index (χ1v) is 8.96. The molecule has 3 aromatic rings. The molecular formula is C18H19N3O3S. The van der Waals surface area contributed by atoms with Crippen molar-refractivity contribution in [2.45, 2.75) is 26.3 Å². The van der Waals surface area contributed by atoms with Crippen molar-refractivity contribution in [3.8, 4) is 0 Å². The van der Waals surface area contributed by atoms with Crippen LogP contribution in [0.2, 0.25) is 0 Å². The molecule has 0 bridgehead atoms. The summed E-state index contributed by atoms with van der Waals surface area (Å²) < 4.78 is 7.98. The lowest BCUT2D eigenvalue weighted by molar-refractivity contribution is -0.147. The maximum absolute atomic E-state index is 12.4. The number of carbonyl (C=O) groups excluding carboxylic acids is 2. The molecule has 0 saturated heterocycles. The number of thiazole rings is 1. The number of amides is 1. The first-order valence-electron chi connectivity index (χ1n) is 8.14. The summed E-state index contributed by atoms with van der Waals surface area (Å²) in [5, 5.41) is 0. The number of hydrogen-bond donors (Lipinski definition) is 1. The number of aromatic nitrogens is 2. The average Bonchev–Trinajstić information content (AvgIpc) is 3.25. The lowest BCUT2D eigenvalue weighted by atomic mass is 10.2. The zero-order chi connectivity index (χ0) is 17.8. The lowest BCUT2D eigenvalue weighted by Crippen LogP contribution is -2.29. The molecule has 0 saturated carbocycles. The summed E-state index contributed by atoms with van der Waals surface area (Å²) in [6.45, 7) is 4.00. The third-order valence-electron chi connectivity index (χ3n) is 3.81. The zero-order valence-electron chi connectivity index (χ0n) is 14.1. The third-order valence-corrected chi connectivity index (χ3v) is 4.85. The van der Waals surface area contributed by atoms with E-state index in [9.17, 15) is 9.59 Å². The highest BCUT2D eigenvalue weighted by atomic mass is 32.1. The molecule has 0 aliphatic carbocycles. The Morgan fingerprint density at radius 3 is 2.72 bits per heavy atom. The van der Waals surface area contributed by atoms with E-state index in [0.717, 1.165) is 10.2 Å². The highest BCUT2D eigenvalue weighted by Gasteiger charge is 2.23. The van der Waals surface area contributed by atoms with Crippen LogP contribution < -0.4 is 4.80 Å². The van der Waals surface area contributed by atoms with Gasteiger partial charge in [0, 0.05) is 6.20 Å². The Labute approximate surface area is 148 Å². The molecule has 0 aliphatic heterocycles. The Morgan fingerprint density at radius 1 is 1.24 bits per heavy atom. The molecule has 1 atom stereocenters. The number of fused-ring (bicyclic) bond motifs is 1. The van der Waals surface area contributed by atoms with E-state index in [1.807, 2.05) is 31.2 Å². The maximum atomic E-state index is 12.4. The first kappa shape index (κ1) is 17.2. The number of hydrogen-bond acceptors (Lipinski definition) is 4. The van der Waals surface area contributed by atoms with E-state index in [-0.39, 0.29) is 11.9 Å². The number of aromatic amines is 1. The number of H-pyrrole nitrogens is 1. The zero-order valence-corrected chi connectivity index (χ0v) is 14.9. The summed E-state index contributed by atoms with van der Waals surface area (Å²) in [5.41, 5.74) is 1.28. The van der Waals surface area contributed by atoms with Crippen molar-refractivity contribution in [3.63, 3.8) is 0 Å². The molecule has 6 nitrogen and oxygen atoms in total. The van der Waals surface area contributed by atoms with Gasteiger partial charge >= 0.3 is 5.97 Å². The van der Waals surface area contributed by atoms with Crippen molar-refractivity contribution < 1.29 is 14.3 Å².